The lowest BCUT2D eigenvalue weighted by atomic mass is 10.3. The fourth-order valence-electron chi connectivity index (χ4n) is 0.782. The summed E-state index contributed by atoms with van der Waals surface area (Å²) in [7, 11) is 0. The third kappa shape index (κ3) is 3.01. The summed E-state index contributed by atoms with van der Waals surface area (Å²) in [6.45, 7) is 4.22. The molecule has 1 aromatic carbocycles. The minimum absolute atomic E-state index is 0.653. The Balaban J connectivity index is 2.38. The molecule has 0 aliphatic rings. The van der Waals surface area contributed by atoms with Crippen LogP contribution in [0.3, 0.4) is 0 Å². The van der Waals surface area contributed by atoms with Gasteiger partial charge >= 0.3 is 0 Å². The number of hydrogen-bond donors (Lipinski definition) is 1. The number of rotatable bonds is 4. The van der Waals surface area contributed by atoms with Crippen molar-refractivity contribution in [1.29, 1.82) is 0 Å². The van der Waals surface area contributed by atoms with E-state index in [0.717, 1.165) is 5.69 Å². The highest BCUT2D eigenvalue weighted by molar-refractivity contribution is 5.75. The van der Waals surface area contributed by atoms with E-state index in [2.05, 4.69) is 16.9 Å². The summed E-state index contributed by atoms with van der Waals surface area (Å²) in [5.41, 5.74) is 1.05. The first kappa shape index (κ1) is 8.53. The fourth-order valence-corrected chi connectivity index (χ4v) is 0.782. The summed E-state index contributed by atoms with van der Waals surface area (Å²) < 4.78 is 0. The average Bonchev–Trinajstić information content (AvgIpc) is 2.14. The van der Waals surface area contributed by atoms with Crippen LogP contribution in [-0.2, 0) is 0 Å². The first-order chi connectivity index (χ1) is 5.93. The van der Waals surface area contributed by atoms with Gasteiger partial charge in [-0.15, -0.1) is 6.58 Å². The second kappa shape index (κ2) is 5.13. The SMILES string of the molecule is C=CCN=CNc1ccccc1. The summed E-state index contributed by atoms with van der Waals surface area (Å²) in [6, 6.07) is 9.90. The summed E-state index contributed by atoms with van der Waals surface area (Å²) >= 11 is 0. The van der Waals surface area contributed by atoms with Crippen LogP contribution in [0.25, 0.3) is 0 Å². The van der Waals surface area contributed by atoms with Crippen LogP contribution in [0.15, 0.2) is 48.0 Å². The van der Waals surface area contributed by atoms with Gasteiger partial charge in [-0.2, -0.15) is 0 Å². The van der Waals surface area contributed by atoms with Crippen molar-refractivity contribution in [2.24, 2.45) is 4.99 Å². The third-order valence-electron chi connectivity index (χ3n) is 1.33. The van der Waals surface area contributed by atoms with Gasteiger partial charge in [-0.05, 0) is 12.1 Å². The molecule has 0 aliphatic heterocycles. The second-order valence-electron chi connectivity index (χ2n) is 2.29. The maximum atomic E-state index is 4.03. The molecule has 0 heterocycles. The van der Waals surface area contributed by atoms with Gasteiger partial charge in [-0.3, -0.25) is 4.99 Å². The summed E-state index contributed by atoms with van der Waals surface area (Å²) in [6.07, 6.45) is 3.43. The molecule has 1 N–H and O–H groups in total. The number of nitrogens with zero attached hydrogens (tertiary/aromatic N) is 1. The van der Waals surface area contributed by atoms with Gasteiger partial charge in [-0.1, -0.05) is 24.3 Å². The molecular formula is C10H12N2. The zero-order valence-electron chi connectivity index (χ0n) is 6.90. The predicted molar refractivity (Wildman–Crippen MR) is 53.6 cm³/mol. The van der Waals surface area contributed by atoms with Crippen molar-refractivity contribution in [3.63, 3.8) is 0 Å². The van der Waals surface area contributed by atoms with Crippen LogP contribution in [0.4, 0.5) is 5.69 Å². The molecule has 1 rings (SSSR count). The van der Waals surface area contributed by atoms with E-state index in [1.165, 1.54) is 0 Å². The normalized spacial score (nSPS) is 10.0. The maximum Gasteiger partial charge on any atom is 0.0871 e. The first-order valence-electron chi connectivity index (χ1n) is 3.84. The third-order valence-corrected chi connectivity index (χ3v) is 1.33. The first-order valence-corrected chi connectivity index (χ1v) is 3.84. The van der Waals surface area contributed by atoms with Gasteiger partial charge in [0.25, 0.3) is 0 Å². The molecule has 12 heavy (non-hydrogen) atoms. The minimum atomic E-state index is 0.653. The molecule has 0 fully saturated rings. The number of benzene rings is 1. The molecular weight excluding hydrogens is 148 g/mol. The summed E-state index contributed by atoms with van der Waals surface area (Å²) in [5.74, 6) is 0. The van der Waals surface area contributed by atoms with E-state index < -0.39 is 0 Å². The van der Waals surface area contributed by atoms with Crippen LogP contribution in [0.2, 0.25) is 0 Å². The van der Waals surface area contributed by atoms with Crippen molar-refractivity contribution in [3.05, 3.63) is 43.0 Å². The molecule has 0 spiro atoms. The van der Waals surface area contributed by atoms with E-state index in [4.69, 9.17) is 0 Å². The van der Waals surface area contributed by atoms with Crippen LogP contribution < -0.4 is 5.32 Å². The molecule has 0 saturated carbocycles. The Hall–Kier alpha value is -1.57. The standard InChI is InChI=1S/C10H12N2/c1-2-8-11-9-12-10-6-4-3-5-7-10/h2-7,9H,1,8H2,(H,11,12). The van der Waals surface area contributed by atoms with Crippen molar-refractivity contribution in [2.45, 2.75) is 0 Å². The minimum Gasteiger partial charge on any atom is -0.347 e. The van der Waals surface area contributed by atoms with Gasteiger partial charge in [0.1, 0.15) is 0 Å². The molecule has 2 nitrogen and oxygen atoms in total. The lowest BCUT2D eigenvalue weighted by molar-refractivity contribution is 1.26. The fraction of sp³-hybridized carbons (Fsp3) is 0.100. The zero-order chi connectivity index (χ0) is 8.65. The Morgan fingerprint density at radius 3 is 2.75 bits per heavy atom. The van der Waals surface area contributed by atoms with Crippen molar-refractivity contribution >= 4 is 12.0 Å². The number of nitrogens with one attached hydrogen (secondary N) is 1. The molecule has 1 aromatic rings. The lowest BCUT2D eigenvalue weighted by Crippen LogP contribution is -1.94. The van der Waals surface area contributed by atoms with E-state index in [1.807, 2.05) is 30.3 Å². The molecule has 0 unspecified atom stereocenters. The highest BCUT2D eigenvalue weighted by Crippen LogP contribution is 2.02. The van der Waals surface area contributed by atoms with Crippen molar-refractivity contribution in [2.75, 3.05) is 11.9 Å². The monoisotopic (exact) mass is 160 g/mol. The van der Waals surface area contributed by atoms with Crippen molar-refractivity contribution < 1.29 is 0 Å². The van der Waals surface area contributed by atoms with E-state index in [0.29, 0.717) is 6.54 Å². The van der Waals surface area contributed by atoms with Gasteiger partial charge in [0, 0.05) is 5.69 Å². The topological polar surface area (TPSA) is 24.4 Å². The molecule has 0 atom stereocenters. The Morgan fingerprint density at radius 1 is 1.33 bits per heavy atom. The molecule has 0 saturated heterocycles. The maximum absolute atomic E-state index is 4.03. The van der Waals surface area contributed by atoms with E-state index in [1.54, 1.807) is 12.4 Å². The van der Waals surface area contributed by atoms with Crippen LogP contribution in [0.5, 0.6) is 0 Å². The summed E-state index contributed by atoms with van der Waals surface area (Å²) in [5, 5.41) is 3.04. The average molecular weight is 160 g/mol. The highest BCUT2D eigenvalue weighted by atomic mass is 14.9. The highest BCUT2D eigenvalue weighted by Gasteiger charge is 1.82. The zero-order valence-corrected chi connectivity index (χ0v) is 6.90. The van der Waals surface area contributed by atoms with Gasteiger partial charge in [0.05, 0.1) is 12.9 Å². The molecule has 0 aromatic heterocycles. The quantitative estimate of drug-likeness (QED) is 0.408. The van der Waals surface area contributed by atoms with Crippen molar-refractivity contribution in [1.82, 2.24) is 0 Å². The molecule has 0 aliphatic carbocycles. The molecule has 0 amide bonds. The van der Waals surface area contributed by atoms with Crippen LogP contribution in [0, 0.1) is 0 Å². The second-order valence-corrected chi connectivity index (χ2v) is 2.29. The lowest BCUT2D eigenvalue weighted by Gasteiger charge is -1.96. The van der Waals surface area contributed by atoms with Crippen LogP contribution in [0.1, 0.15) is 0 Å². The molecule has 0 radical (unpaired) electrons. The van der Waals surface area contributed by atoms with E-state index in [9.17, 15) is 0 Å². The van der Waals surface area contributed by atoms with Gasteiger partial charge < -0.3 is 5.32 Å². The Morgan fingerprint density at radius 2 is 2.08 bits per heavy atom. The van der Waals surface area contributed by atoms with Gasteiger partial charge in [-0.25, -0.2) is 0 Å². The van der Waals surface area contributed by atoms with E-state index >= 15 is 0 Å². The Bertz CT molecular complexity index is 252. The summed E-state index contributed by atoms with van der Waals surface area (Å²) in [4.78, 5) is 4.03. The van der Waals surface area contributed by atoms with Gasteiger partial charge in [0.15, 0.2) is 0 Å². The van der Waals surface area contributed by atoms with E-state index in [-0.39, 0.29) is 0 Å². The van der Waals surface area contributed by atoms with Crippen LogP contribution >= 0.6 is 0 Å². The molecule has 62 valence electrons. The number of para-hydroxylation sites is 1. The molecule has 2 heteroatoms. The number of aliphatic imine (C=N–C) groups is 1. The predicted octanol–water partition coefficient (Wildman–Crippen LogP) is 2.31. The largest absolute Gasteiger partial charge is 0.347 e. The Labute approximate surface area is 72.6 Å². The number of anilines is 1. The Kier molecular flexibility index (Phi) is 3.64. The number of hydrogen-bond acceptors (Lipinski definition) is 1. The molecule has 0 bridgehead atoms. The van der Waals surface area contributed by atoms with Gasteiger partial charge in [0.2, 0.25) is 0 Å². The van der Waals surface area contributed by atoms with Crippen LogP contribution in [-0.4, -0.2) is 12.9 Å². The van der Waals surface area contributed by atoms with Crippen molar-refractivity contribution in [3.8, 4) is 0 Å². The smallest absolute Gasteiger partial charge is 0.0871 e.